The molecule has 0 spiro atoms. The Morgan fingerprint density at radius 1 is 1.15 bits per heavy atom. The third kappa shape index (κ3) is 1.98. The fourth-order valence-electron chi connectivity index (χ4n) is 2.95. The van der Waals surface area contributed by atoms with Crippen LogP contribution in [-0.4, -0.2) is 44.0 Å². The maximum Gasteiger partial charge on any atom is 0.299 e. The highest BCUT2D eigenvalue weighted by Gasteiger charge is 2.34. The smallest absolute Gasteiger partial charge is 0.299 e. The molecule has 106 valence electrons. The number of benzene rings is 1. The van der Waals surface area contributed by atoms with Gasteiger partial charge in [0, 0.05) is 25.8 Å². The molecule has 1 fully saturated rings. The number of ether oxygens (including phenoxy) is 1. The van der Waals surface area contributed by atoms with Gasteiger partial charge in [0.2, 0.25) is 0 Å². The number of rotatable bonds is 1. The molecule has 0 aromatic heterocycles. The average Bonchev–Trinajstić information content (AvgIpc) is 2.62. The summed E-state index contributed by atoms with van der Waals surface area (Å²) in [5.41, 5.74) is 2.22. The second-order valence-electron chi connectivity index (χ2n) is 5.56. The van der Waals surface area contributed by atoms with Crippen LogP contribution < -0.4 is 9.80 Å². The Balaban J connectivity index is 1.94. The Morgan fingerprint density at radius 3 is 2.45 bits per heavy atom. The summed E-state index contributed by atoms with van der Waals surface area (Å²) >= 11 is 0. The fraction of sp³-hybridized carbons (Fsp3) is 0.467. The first kappa shape index (κ1) is 13.1. The molecule has 0 aliphatic carbocycles. The van der Waals surface area contributed by atoms with Gasteiger partial charge in [-0.1, -0.05) is 0 Å². The van der Waals surface area contributed by atoms with Gasteiger partial charge in [-0.05, 0) is 32.0 Å². The Morgan fingerprint density at radius 2 is 1.80 bits per heavy atom. The van der Waals surface area contributed by atoms with Gasteiger partial charge in [-0.2, -0.15) is 0 Å². The number of hydrogen-bond donors (Lipinski definition) is 0. The van der Waals surface area contributed by atoms with E-state index >= 15 is 0 Å². The van der Waals surface area contributed by atoms with E-state index < -0.39 is 11.7 Å². The summed E-state index contributed by atoms with van der Waals surface area (Å²) in [6.07, 6.45) is 0.348. The van der Waals surface area contributed by atoms with Crippen molar-refractivity contribution >= 4 is 23.1 Å². The molecule has 20 heavy (non-hydrogen) atoms. The quantitative estimate of drug-likeness (QED) is 0.727. The Kier molecular flexibility index (Phi) is 3.01. The van der Waals surface area contributed by atoms with Crippen LogP contribution in [0.25, 0.3) is 0 Å². The number of hydrogen-bond acceptors (Lipinski definition) is 4. The number of nitrogens with zero attached hydrogens (tertiary/aromatic N) is 2. The topological polar surface area (TPSA) is 49.9 Å². The van der Waals surface area contributed by atoms with Crippen molar-refractivity contribution in [2.45, 2.75) is 26.1 Å². The molecule has 1 saturated heterocycles. The predicted octanol–water partition coefficient (Wildman–Crippen LogP) is 1.46. The maximum absolute atomic E-state index is 11.8. The van der Waals surface area contributed by atoms with E-state index in [0.717, 1.165) is 18.8 Å². The molecule has 2 atom stereocenters. The monoisotopic (exact) mass is 274 g/mol. The lowest BCUT2D eigenvalue weighted by atomic mass is 10.1. The lowest BCUT2D eigenvalue weighted by Gasteiger charge is -2.37. The summed E-state index contributed by atoms with van der Waals surface area (Å²) in [4.78, 5) is 27.1. The van der Waals surface area contributed by atoms with Crippen LogP contribution in [0.15, 0.2) is 18.2 Å². The van der Waals surface area contributed by atoms with Crippen molar-refractivity contribution in [2.75, 3.05) is 29.9 Å². The van der Waals surface area contributed by atoms with E-state index in [1.807, 2.05) is 12.1 Å². The lowest BCUT2D eigenvalue weighted by molar-refractivity contribution is -0.114. The highest BCUT2D eigenvalue weighted by atomic mass is 16.5. The van der Waals surface area contributed by atoms with Gasteiger partial charge in [-0.15, -0.1) is 0 Å². The summed E-state index contributed by atoms with van der Waals surface area (Å²) in [7, 11) is 1.64. The molecule has 3 rings (SSSR count). The number of carbonyl (C=O) groups excluding carboxylic acids is 2. The number of ketones is 1. The summed E-state index contributed by atoms with van der Waals surface area (Å²) in [5.74, 6) is -0.876. The number of Topliss-reactive ketones (excluding diaryl/α,β-unsaturated/α-hetero) is 1. The van der Waals surface area contributed by atoms with Crippen LogP contribution >= 0.6 is 0 Å². The number of morpholine rings is 1. The fourth-order valence-corrected chi connectivity index (χ4v) is 2.95. The van der Waals surface area contributed by atoms with Crippen molar-refractivity contribution in [3.63, 3.8) is 0 Å². The van der Waals surface area contributed by atoms with E-state index in [1.165, 1.54) is 4.90 Å². The standard InChI is InChI=1S/C15H18N2O3/c1-9-7-17(8-10(2)20-9)11-4-5-12-13(6-11)16(3)15(19)14(12)18/h4-6,9-10H,7-8H2,1-3H3/t9-,10+. The number of likely N-dealkylation sites (N-methyl/N-ethyl adjacent to an activating group) is 1. The zero-order valence-corrected chi connectivity index (χ0v) is 11.9. The third-order valence-electron chi connectivity index (χ3n) is 3.87. The molecule has 1 aromatic rings. The van der Waals surface area contributed by atoms with Gasteiger partial charge in [0.05, 0.1) is 23.5 Å². The van der Waals surface area contributed by atoms with E-state index in [4.69, 9.17) is 4.74 Å². The normalized spacial score (nSPS) is 26.1. The van der Waals surface area contributed by atoms with E-state index in [-0.39, 0.29) is 12.2 Å². The van der Waals surface area contributed by atoms with E-state index in [1.54, 1.807) is 13.1 Å². The van der Waals surface area contributed by atoms with Gasteiger partial charge >= 0.3 is 0 Å². The molecule has 5 nitrogen and oxygen atoms in total. The number of anilines is 2. The average molecular weight is 274 g/mol. The molecule has 0 radical (unpaired) electrons. The van der Waals surface area contributed by atoms with Gasteiger partial charge in [0.1, 0.15) is 0 Å². The van der Waals surface area contributed by atoms with Crippen LogP contribution in [0, 0.1) is 0 Å². The zero-order chi connectivity index (χ0) is 14.4. The Bertz CT molecular complexity index is 574. The first-order valence-corrected chi connectivity index (χ1v) is 6.84. The van der Waals surface area contributed by atoms with Crippen LogP contribution in [0.4, 0.5) is 11.4 Å². The number of fused-ring (bicyclic) bond motifs is 1. The summed E-state index contributed by atoms with van der Waals surface area (Å²) in [5, 5.41) is 0. The van der Waals surface area contributed by atoms with Gasteiger partial charge in [0.15, 0.2) is 0 Å². The highest BCUT2D eigenvalue weighted by Crippen LogP contribution is 2.32. The molecule has 2 heterocycles. The van der Waals surface area contributed by atoms with Crippen molar-refractivity contribution in [1.82, 2.24) is 0 Å². The van der Waals surface area contributed by atoms with Crippen LogP contribution in [-0.2, 0) is 9.53 Å². The first-order chi connectivity index (χ1) is 9.47. The van der Waals surface area contributed by atoms with Crippen LogP contribution in [0.3, 0.4) is 0 Å². The third-order valence-corrected chi connectivity index (χ3v) is 3.87. The zero-order valence-electron chi connectivity index (χ0n) is 11.9. The second kappa shape index (κ2) is 4.59. The van der Waals surface area contributed by atoms with Gasteiger partial charge in [0.25, 0.3) is 11.7 Å². The Hall–Kier alpha value is -1.88. The number of amides is 1. The predicted molar refractivity (Wildman–Crippen MR) is 76.4 cm³/mol. The van der Waals surface area contributed by atoms with Crippen LogP contribution in [0.1, 0.15) is 24.2 Å². The van der Waals surface area contributed by atoms with Crippen LogP contribution in [0.5, 0.6) is 0 Å². The molecule has 0 saturated carbocycles. The first-order valence-electron chi connectivity index (χ1n) is 6.84. The lowest BCUT2D eigenvalue weighted by Crippen LogP contribution is -2.45. The van der Waals surface area contributed by atoms with Crippen molar-refractivity contribution in [3.8, 4) is 0 Å². The largest absolute Gasteiger partial charge is 0.372 e. The second-order valence-corrected chi connectivity index (χ2v) is 5.56. The van der Waals surface area contributed by atoms with Gasteiger partial charge in [-0.3, -0.25) is 9.59 Å². The van der Waals surface area contributed by atoms with Gasteiger partial charge < -0.3 is 14.5 Å². The van der Waals surface area contributed by atoms with E-state index in [2.05, 4.69) is 18.7 Å². The minimum atomic E-state index is -0.458. The minimum Gasteiger partial charge on any atom is -0.372 e. The van der Waals surface area contributed by atoms with Crippen LogP contribution in [0.2, 0.25) is 0 Å². The molecule has 0 N–H and O–H groups in total. The maximum atomic E-state index is 11.8. The minimum absolute atomic E-state index is 0.174. The molecular formula is C15H18N2O3. The summed E-state index contributed by atoms with van der Waals surface area (Å²) in [6.45, 7) is 5.73. The molecule has 2 aliphatic rings. The van der Waals surface area contributed by atoms with E-state index in [9.17, 15) is 9.59 Å². The molecule has 1 aromatic carbocycles. The molecule has 0 unspecified atom stereocenters. The summed E-state index contributed by atoms with van der Waals surface area (Å²) in [6, 6.07) is 5.58. The van der Waals surface area contributed by atoms with Gasteiger partial charge in [-0.25, -0.2) is 0 Å². The molecule has 1 amide bonds. The van der Waals surface area contributed by atoms with Crippen molar-refractivity contribution in [1.29, 1.82) is 0 Å². The molecule has 5 heteroatoms. The van der Waals surface area contributed by atoms with Crippen molar-refractivity contribution < 1.29 is 14.3 Å². The molecule has 0 bridgehead atoms. The van der Waals surface area contributed by atoms with E-state index in [0.29, 0.717) is 11.3 Å². The Labute approximate surface area is 118 Å². The SMILES string of the molecule is C[C@@H]1CN(c2ccc3c(c2)N(C)C(=O)C3=O)C[C@H](C)O1. The highest BCUT2D eigenvalue weighted by molar-refractivity contribution is 6.52. The molecule has 2 aliphatic heterocycles. The van der Waals surface area contributed by atoms with Crippen molar-refractivity contribution in [3.05, 3.63) is 23.8 Å². The number of carbonyl (C=O) groups is 2. The summed E-state index contributed by atoms with van der Waals surface area (Å²) < 4.78 is 5.73. The van der Waals surface area contributed by atoms with Crippen molar-refractivity contribution in [2.24, 2.45) is 0 Å². The molecular weight excluding hydrogens is 256 g/mol.